The number of aromatic nitrogens is 2. The third kappa shape index (κ3) is 2.72. The number of hydrogen-bond acceptors (Lipinski definition) is 4. The molecule has 0 aliphatic heterocycles. The van der Waals surface area contributed by atoms with Gasteiger partial charge in [0.05, 0.1) is 22.9 Å². The smallest absolute Gasteiger partial charge is 0.423 e. The second-order valence-electron chi connectivity index (χ2n) is 6.13. The van der Waals surface area contributed by atoms with Gasteiger partial charge in [-0.05, 0) is 39.2 Å². The zero-order valence-electron chi connectivity index (χ0n) is 12.6. The largest absolute Gasteiger partial charge is 0.491 e. The molecule has 0 radical (unpaired) electrons. The van der Waals surface area contributed by atoms with Crippen molar-refractivity contribution >= 4 is 23.5 Å². The van der Waals surface area contributed by atoms with Crippen LogP contribution in [0.2, 0.25) is 0 Å². The normalized spacial score (nSPS) is 12.9. The standard InChI is InChI=1S/C14H21BN2O3/c1-13(2,18)14(3,4)20-15(19)11-6-7-12-10(8-11)9-16-17(12)5/h6-9,18-19H,1-5H3. The minimum absolute atomic E-state index is 0.642. The highest BCUT2D eigenvalue weighted by molar-refractivity contribution is 6.60. The van der Waals surface area contributed by atoms with Crippen molar-refractivity contribution < 1.29 is 14.8 Å². The van der Waals surface area contributed by atoms with Crippen molar-refractivity contribution in [3.63, 3.8) is 0 Å². The van der Waals surface area contributed by atoms with E-state index in [9.17, 15) is 10.1 Å². The molecule has 2 N–H and O–H groups in total. The van der Waals surface area contributed by atoms with E-state index >= 15 is 0 Å². The van der Waals surface area contributed by atoms with Gasteiger partial charge < -0.3 is 14.8 Å². The summed E-state index contributed by atoms with van der Waals surface area (Å²) in [5, 5.41) is 25.4. The summed E-state index contributed by atoms with van der Waals surface area (Å²) >= 11 is 0. The zero-order chi connectivity index (χ0) is 15.1. The zero-order valence-corrected chi connectivity index (χ0v) is 12.6. The Morgan fingerprint density at radius 1 is 1.25 bits per heavy atom. The summed E-state index contributed by atoms with van der Waals surface area (Å²) in [7, 11) is 0.771. The molecule has 0 spiro atoms. The molecule has 0 saturated carbocycles. The molecule has 1 aromatic carbocycles. The third-order valence-corrected chi connectivity index (χ3v) is 3.94. The van der Waals surface area contributed by atoms with Gasteiger partial charge in [-0.15, -0.1) is 0 Å². The van der Waals surface area contributed by atoms with Crippen LogP contribution in [0.15, 0.2) is 24.4 Å². The SMILES string of the molecule is Cn1ncc2cc(B(O)OC(C)(C)C(C)(C)O)ccc21. The highest BCUT2D eigenvalue weighted by atomic mass is 16.5. The van der Waals surface area contributed by atoms with Crippen molar-refractivity contribution in [3.8, 4) is 0 Å². The van der Waals surface area contributed by atoms with Crippen LogP contribution < -0.4 is 5.46 Å². The number of hydrogen-bond donors (Lipinski definition) is 2. The number of fused-ring (bicyclic) bond motifs is 1. The fraction of sp³-hybridized carbons (Fsp3) is 0.500. The predicted molar refractivity (Wildman–Crippen MR) is 79.8 cm³/mol. The summed E-state index contributed by atoms with van der Waals surface area (Å²) in [6, 6.07) is 5.53. The minimum atomic E-state index is -1.10. The lowest BCUT2D eigenvalue weighted by Gasteiger charge is -2.38. The molecule has 20 heavy (non-hydrogen) atoms. The second-order valence-corrected chi connectivity index (χ2v) is 6.13. The van der Waals surface area contributed by atoms with Gasteiger partial charge >= 0.3 is 7.12 Å². The predicted octanol–water partition coefficient (Wildman–Crippen LogP) is 0.827. The quantitative estimate of drug-likeness (QED) is 0.812. The maximum atomic E-state index is 10.2. The lowest BCUT2D eigenvalue weighted by molar-refractivity contribution is -0.0982. The number of nitrogens with zero attached hydrogens (tertiary/aromatic N) is 2. The molecule has 0 unspecified atom stereocenters. The first-order valence-electron chi connectivity index (χ1n) is 6.62. The van der Waals surface area contributed by atoms with E-state index in [1.165, 1.54) is 0 Å². The van der Waals surface area contributed by atoms with E-state index in [0.717, 1.165) is 10.9 Å². The third-order valence-electron chi connectivity index (χ3n) is 3.94. The average Bonchev–Trinajstić information content (AvgIpc) is 2.68. The molecule has 1 heterocycles. The summed E-state index contributed by atoms with van der Waals surface area (Å²) < 4.78 is 7.39. The molecule has 0 atom stereocenters. The van der Waals surface area contributed by atoms with E-state index in [-0.39, 0.29) is 0 Å². The van der Waals surface area contributed by atoms with Crippen molar-refractivity contribution in [3.05, 3.63) is 24.4 Å². The van der Waals surface area contributed by atoms with E-state index in [1.807, 2.05) is 19.2 Å². The Morgan fingerprint density at radius 3 is 2.50 bits per heavy atom. The average molecular weight is 276 g/mol. The first-order chi connectivity index (χ1) is 9.12. The number of aliphatic hydroxyl groups is 1. The fourth-order valence-electron chi connectivity index (χ4n) is 1.83. The Balaban J connectivity index is 2.25. The Bertz CT molecular complexity index is 616. The van der Waals surface area contributed by atoms with E-state index in [1.54, 1.807) is 44.6 Å². The van der Waals surface area contributed by atoms with E-state index in [4.69, 9.17) is 4.65 Å². The van der Waals surface area contributed by atoms with Crippen molar-refractivity contribution in [1.82, 2.24) is 9.78 Å². The van der Waals surface area contributed by atoms with Crippen molar-refractivity contribution in [1.29, 1.82) is 0 Å². The van der Waals surface area contributed by atoms with E-state index in [2.05, 4.69) is 5.10 Å². The Hall–Kier alpha value is -1.37. The topological polar surface area (TPSA) is 67.5 Å². The summed E-state index contributed by atoms with van der Waals surface area (Å²) in [6.07, 6.45) is 1.74. The van der Waals surface area contributed by atoms with E-state index in [0.29, 0.717) is 5.46 Å². The molecule has 108 valence electrons. The van der Waals surface area contributed by atoms with Gasteiger partial charge in [0.15, 0.2) is 0 Å². The van der Waals surface area contributed by atoms with Gasteiger partial charge in [0.2, 0.25) is 0 Å². The van der Waals surface area contributed by atoms with Crippen LogP contribution in [0.5, 0.6) is 0 Å². The molecule has 0 amide bonds. The Kier molecular flexibility index (Phi) is 3.66. The van der Waals surface area contributed by atoms with Gasteiger partial charge in [0.25, 0.3) is 0 Å². The maximum absolute atomic E-state index is 10.2. The van der Waals surface area contributed by atoms with Crippen LogP contribution in [0, 0.1) is 0 Å². The van der Waals surface area contributed by atoms with Gasteiger partial charge in [-0.3, -0.25) is 4.68 Å². The molecule has 1 aromatic heterocycles. The summed E-state index contributed by atoms with van der Waals surface area (Å²) in [5.41, 5.74) is -0.312. The number of benzene rings is 1. The summed E-state index contributed by atoms with van der Waals surface area (Å²) in [6.45, 7) is 6.81. The van der Waals surface area contributed by atoms with Crippen molar-refractivity contribution in [2.24, 2.45) is 7.05 Å². The fourth-order valence-corrected chi connectivity index (χ4v) is 1.83. The highest BCUT2D eigenvalue weighted by Crippen LogP contribution is 2.25. The second kappa shape index (κ2) is 4.88. The Morgan fingerprint density at radius 2 is 1.90 bits per heavy atom. The van der Waals surface area contributed by atoms with Gasteiger partial charge in [-0.2, -0.15) is 5.10 Å². The molecule has 2 aromatic rings. The van der Waals surface area contributed by atoms with Gasteiger partial charge in [0.1, 0.15) is 0 Å². The monoisotopic (exact) mass is 276 g/mol. The van der Waals surface area contributed by atoms with Gasteiger partial charge in [-0.25, -0.2) is 0 Å². The van der Waals surface area contributed by atoms with Crippen LogP contribution in [-0.4, -0.2) is 38.2 Å². The molecule has 5 nitrogen and oxygen atoms in total. The lowest BCUT2D eigenvalue weighted by atomic mass is 9.76. The molecule has 0 aliphatic rings. The first kappa shape index (κ1) is 15.0. The molecule has 0 saturated heterocycles. The molecule has 2 rings (SSSR count). The van der Waals surface area contributed by atoms with Gasteiger partial charge in [-0.1, -0.05) is 12.1 Å². The number of rotatable bonds is 4. The van der Waals surface area contributed by atoms with E-state index < -0.39 is 18.3 Å². The van der Waals surface area contributed by atoms with Gasteiger partial charge in [0, 0.05) is 12.4 Å². The minimum Gasteiger partial charge on any atom is -0.423 e. The maximum Gasteiger partial charge on any atom is 0.491 e. The van der Waals surface area contributed by atoms with Crippen LogP contribution in [0.25, 0.3) is 10.9 Å². The van der Waals surface area contributed by atoms with Crippen LogP contribution >= 0.6 is 0 Å². The highest BCUT2D eigenvalue weighted by Gasteiger charge is 2.39. The van der Waals surface area contributed by atoms with Crippen molar-refractivity contribution in [2.45, 2.75) is 38.9 Å². The molecule has 0 fully saturated rings. The Labute approximate surface area is 119 Å². The first-order valence-corrected chi connectivity index (χ1v) is 6.62. The molecular weight excluding hydrogens is 255 g/mol. The molecule has 0 bridgehead atoms. The summed E-state index contributed by atoms with van der Waals surface area (Å²) in [5.74, 6) is 0. The summed E-state index contributed by atoms with van der Waals surface area (Å²) in [4.78, 5) is 0. The number of aryl methyl sites for hydroxylation is 1. The van der Waals surface area contributed by atoms with Crippen molar-refractivity contribution in [2.75, 3.05) is 0 Å². The lowest BCUT2D eigenvalue weighted by Crippen LogP contribution is -2.53. The van der Waals surface area contributed by atoms with Crippen LogP contribution in [0.1, 0.15) is 27.7 Å². The van der Waals surface area contributed by atoms with Crippen LogP contribution in [0.4, 0.5) is 0 Å². The van der Waals surface area contributed by atoms with Crippen LogP contribution in [-0.2, 0) is 11.7 Å². The van der Waals surface area contributed by atoms with Crippen LogP contribution in [0.3, 0.4) is 0 Å². The molecule has 6 heteroatoms. The molecular formula is C14H21BN2O3. The molecule has 0 aliphatic carbocycles.